The number of hydrogen-bond donors (Lipinski definition) is 0. The number of anilines is 4. The summed E-state index contributed by atoms with van der Waals surface area (Å²) in [4.78, 5) is 8.78. The van der Waals surface area contributed by atoms with E-state index in [9.17, 15) is 12.3 Å². The van der Waals surface area contributed by atoms with Crippen molar-refractivity contribution in [3.63, 3.8) is 0 Å². The predicted molar refractivity (Wildman–Crippen MR) is 342 cm³/mol. The normalized spacial score (nSPS) is 18.4. The molecule has 0 saturated heterocycles. The van der Waals surface area contributed by atoms with Crippen molar-refractivity contribution in [2.24, 2.45) is 0 Å². The molecule has 0 unspecified atom stereocenters. The highest BCUT2D eigenvalue weighted by Gasteiger charge is 2.38. The summed E-state index contributed by atoms with van der Waals surface area (Å²) in [6, 6.07) is 14.9. The molecule has 2 aromatic heterocycles. The van der Waals surface area contributed by atoms with E-state index in [-0.39, 0.29) is 92.9 Å². The standard InChI is InChI=1S/C76H72N4O/c1-73(2,3)55-43-61(53-34-32-51(33-35-53)50-22-13-11-14-23-50)72(62(44-55)54-36-39-64-66(42-54)76(9,10)41-40-75(64,7)8)79-49-78(68-30-19-20-31-69(68)79)56-26-21-27-57(45-56)81-58-37-38-60-59-28-17-18-29-67(59)80(70(60)46-58)71-47-65(74(4,5)6)63(48-77-71)52-24-15-12-16-25-52/h11-39,42-48H,40-41,49H2,1-10H3/i11D,12D,13D,14D,15D,16D,17D,18D,22D,23D,24D,25D,28D,29D,32D,33D,34D,35D,36D,39D,42D. The maximum atomic E-state index is 10.4. The van der Waals surface area contributed by atoms with Crippen LogP contribution in [0.25, 0.3) is 72.1 Å². The number of benzene rings is 9. The van der Waals surface area contributed by atoms with Gasteiger partial charge < -0.3 is 14.5 Å². The van der Waals surface area contributed by atoms with Crippen molar-refractivity contribution in [3.05, 3.63) is 240 Å². The van der Waals surface area contributed by atoms with E-state index in [1.807, 2.05) is 122 Å². The first-order valence-electron chi connectivity index (χ1n) is 37.7. The fraction of sp³-hybridized carbons (Fsp3) is 0.224. The highest BCUT2D eigenvalue weighted by atomic mass is 16.5. The number of ether oxygens (including phenoxy) is 1. The Bertz CT molecular complexity index is 5410. The summed E-state index contributed by atoms with van der Waals surface area (Å²) in [6.45, 7) is 19.7. The predicted octanol–water partition coefficient (Wildman–Crippen LogP) is 20.8. The van der Waals surface area contributed by atoms with Gasteiger partial charge in [-0.1, -0.05) is 208 Å². The van der Waals surface area contributed by atoms with Gasteiger partial charge in [0.2, 0.25) is 0 Å². The second kappa shape index (κ2) is 19.6. The van der Waals surface area contributed by atoms with Crippen molar-refractivity contribution in [2.75, 3.05) is 16.5 Å². The zero-order chi connectivity index (χ0) is 74.3. The Balaban J connectivity index is 0.999. The summed E-state index contributed by atoms with van der Waals surface area (Å²) in [7, 11) is 0. The topological polar surface area (TPSA) is 33.5 Å². The monoisotopic (exact) mass is 1080 g/mol. The van der Waals surface area contributed by atoms with E-state index in [4.69, 9.17) is 26.2 Å². The van der Waals surface area contributed by atoms with Gasteiger partial charge in [0.25, 0.3) is 0 Å². The molecular weight excluding hydrogens is 985 g/mol. The molecule has 5 nitrogen and oxygen atoms in total. The van der Waals surface area contributed by atoms with Crippen LogP contribution in [0.4, 0.5) is 22.7 Å². The minimum absolute atomic E-state index is 0.0240. The van der Waals surface area contributed by atoms with Crippen molar-refractivity contribution in [2.45, 2.75) is 104 Å². The Hall–Kier alpha value is -8.67. The van der Waals surface area contributed by atoms with Gasteiger partial charge in [-0.25, -0.2) is 4.98 Å². The van der Waals surface area contributed by atoms with Gasteiger partial charge in [0.05, 0.1) is 56.9 Å². The number of fused-ring (bicyclic) bond motifs is 5. The maximum Gasteiger partial charge on any atom is 0.137 e. The van der Waals surface area contributed by atoms with Crippen LogP contribution in [0.1, 0.15) is 133 Å². The van der Waals surface area contributed by atoms with E-state index in [0.717, 1.165) is 0 Å². The van der Waals surface area contributed by atoms with Gasteiger partial charge in [-0.05, 0) is 145 Å². The maximum absolute atomic E-state index is 10.4. The fourth-order valence-corrected chi connectivity index (χ4v) is 11.4. The molecule has 1 aliphatic heterocycles. The molecule has 0 N–H and O–H groups in total. The Kier molecular flexibility index (Phi) is 8.01. The van der Waals surface area contributed by atoms with Crippen LogP contribution in [-0.2, 0) is 21.7 Å². The molecule has 0 amide bonds. The van der Waals surface area contributed by atoms with Gasteiger partial charge >= 0.3 is 0 Å². The molecule has 3 heterocycles. The SMILES string of the molecule is [2H]c1c([2H])c([2H])c(-c2cnc(-n3c4cc(Oc5cccc(N6CN(c7c(-c8c([2H])c([2H])c(-c9c([2H])c([2H])c([2H])c([2H])c9[2H])c([2H])c8[2H])cc(C(C)(C)C)cc7-c7c([2H])c([2H])c8c(c7[2H])C(C)(C)CCC8(C)C)c7ccccc76)c5)ccc4c4c([2H])c([2H])c([2H])c([2H])c43)cc2C(C)(C)C)c([2H])c1[2H]. The third kappa shape index (κ3) is 9.37. The van der Waals surface area contributed by atoms with E-state index in [1.165, 1.54) is 6.20 Å². The van der Waals surface area contributed by atoms with Crippen molar-refractivity contribution in [1.29, 1.82) is 0 Å². The van der Waals surface area contributed by atoms with Crippen molar-refractivity contribution >= 4 is 44.6 Å². The summed E-state index contributed by atoms with van der Waals surface area (Å²) in [5, 5.41) is 0.640. The minimum atomic E-state index is -0.744. The molecule has 9 aromatic carbocycles. The first-order chi connectivity index (χ1) is 47.6. The molecule has 5 heteroatoms. The van der Waals surface area contributed by atoms with Gasteiger partial charge in [0.1, 0.15) is 24.0 Å². The van der Waals surface area contributed by atoms with Crippen molar-refractivity contribution < 1.29 is 33.5 Å². The van der Waals surface area contributed by atoms with Crippen LogP contribution in [0.15, 0.2) is 218 Å². The minimum Gasteiger partial charge on any atom is -0.457 e. The van der Waals surface area contributed by atoms with Gasteiger partial charge in [-0.15, -0.1) is 0 Å². The fourth-order valence-electron chi connectivity index (χ4n) is 11.4. The Morgan fingerprint density at radius 1 is 0.494 bits per heavy atom. The zero-order valence-corrected chi connectivity index (χ0v) is 47.0. The zero-order valence-electron chi connectivity index (χ0n) is 68.0. The average molecular weight is 1080 g/mol. The molecule has 2 aliphatic rings. The van der Waals surface area contributed by atoms with Gasteiger partial charge in [-0.2, -0.15) is 0 Å². The molecule has 0 radical (unpaired) electrons. The molecule has 0 spiro atoms. The summed E-state index contributed by atoms with van der Waals surface area (Å²) >= 11 is 0. The van der Waals surface area contributed by atoms with Crippen LogP contribution in [0, 0.1) is 0 Å². The lowest BCUT2D eigenvalue weighted by Gasteiger charge is -2.42. The van der Waals surface area contributed by atoms with Crippen LogP contribution in [0.2, 0.25) is 0 Å². The Labute approximate surface area is 508 Å². The molecule has 0 saturated carbocycles. The number of para-hydroxylation sites is 3. The molecular formula is C76H72N4O. The second-order valence-corrected chi connectivity index (χ2v) is 24.3. The van der Waals surface area contributed by atoms with Crippen molar-refractivity contribution in [1.82, 2.24) is 9.55 Å². The molecule has 0 bridgehead atoms. The Morgan fingerprint density at radius 3 is 1.79 bits per heavy atom. The van der Waals surface area contributed by atoms with Crippen LogP contribution in [-0.4, -0.2) is 16.2 Å². The molecule has 402 valence electrons. The lowest BCUT2D eigenvalue weighted by Crippen LogP contribution is -2.33. The van der Waals surface area contributed by atoms with E-state index in [0.29, 0.717) is 74.4 Å². The summed E-state index contributed by atoms with van der Waals surface area (Å²) in [5.41, 5.74) is 1.93. The summed E-state index contributed by atoms with van der Waals surface area (Å²) in [6.07, 6.45) is 2.81. The molecule has 0 atom stereocenters. The number of aromatic nitrogens is 2. The number of hydrogen-bond acceptors (Lipinski definition) is 4. The third-order valence-corrected chi connectivity index (χ3v) is 15.9. The van der Waals surface area contributed by atoms with Gasteiger partial charge in [0, 0.05) is 51.5 Å². The highest BCUT2D eigenvalue weighted by Crippen LogP contribution is 2.54. The molecule has 0 fully saturated rings. The van der Waals surface area contributed by atoms with Gasteiger partial charge in [-0.3, -0.25) is 4.57 Å². The summed E-state index contributed by atoms with van der Waals surface area (Å²) < 4.78 is 201. The van der Waals surface area contributed by atoms with Gasteiger partial charge in [0.15, 0.2) is 0 Å². The number of nitrogens with zero attached hydrogens (tertiary/aromatic N) is 4. The third-order valence-electron chi connectivity index (χ3n) is 15.9. The smallest absolute Gasteiger partial charge is 0.137 e. The van der Waals surface area contributed by atoms with Crippen LogP contribution in [0.5, 0.6) is 11.5 Å². The molecule has 1 aliphatic carbocycles. The number of rotatable bonds is 9. The summed E-state index contributed by atoms with van der Waals surface area (Å²) in [5.74, 6) is 0.824. The molecule has 13 rings (SSSR count). The lowest BCUT2D eigenvalue weighted by molar-refractivity contribution is 0.332. The van der Waals surface area contributed by atoms with Crippen LogP contribution < -0.4 is 14.5 Å². The Morgan fingerprint density at radius 2 is 1.09 bits per heavy atom. The van der Waals surface area contributed by atoms with E-state index in [1.54, 1.807) is 47.0 Å². The highest BCUT2D eigenvalue weighted by molar-refractivity contribution is 6.09. The quantitative estimate of drug-likeness (QED) is 0.144. The van der Waals surface area contributed by atoms with Crippen LogP contribution in [0.3, 0.4) is 0 Å². The molecule has 81 heavy (non-hydrogen) atoms. The average Bonchev–Trinajstić information content (AvgIpc) is 1.17. The second-order valence-electron chi connectivity index (χ2n) is 24.3. The van der Waals surface area contributed by atoms with E-state index >= 15 is 0 Å². The molecule has 11 aromatic rings. The largest absolute Gasteiger partial charge is 0.457 e. The van der Waals surface area contributed by atoms with E-state index in [2.05, 4.69) is 0 Å². The first-order valence-corrected chi connectivity index (χ1v) is 27.2. The van der Waals surface area contributed by atoms with Crippen molar-refractivity contribution in [3.8, 4) is 61.8 Å². The lowest BCUT2D eigenvalue weighted by atomic mass is 9.63. The number of pyridine rings is 1. The van der Waals surface area contributed by atoms with E-state index < -0.39 is 129 Å². The van der Waals surface area contributed by atoms with Crippen LogP contribution >= 0.6 is 0 Å². The first kappa shape index (κ1) is 33.2.